The lowest BCUT2D eigenvalue weighted by Gasteiger charge is -2.32. The first-order valence-corrected chi connectivity index (χ1v) is 11.0. The van der Waals surface area contributed by atoms with Crippen molar-refractivity contribution >= 4 is 16.7 Å². The molecule has 3 aromatic heterocycles. The summed E-state index contributed by atoms with van der Waals surface area (Å²) in [6, 6.07) is 13.0. The Hall–Kier alpha value is -4.14. The zero-order chi connectivity index (χ0) is 22.8. The minimum Gasteiger partial charge on any atom is -0.439 e. The van der Waals surface area contributed by atoms with Gasteiger partial charge in [-0.05, 0) is 56.3 Å². The molecule has 0 radical (unpaired) electrons. The van der Waals surface area contributed by atoms with Gasteiger partial charge in [0, 0.05) is 30.9 Å². The van der Waals surface area contributed by atoms with E-state index in [1.165, 1.54) is 0 Å². The molecule has 1 aliphatic heterocycles. The number of ether oxygens (including phenoxy) is 1. The SMILES string of the molecule is CC=CN1CCC[C@@H](n2nc(-c3ccc(Oc4ccccn4)cc3)c3c(N)n[nH]c(=O)c32)C1. The minimum atomic E-state index is -0.295. The number of nitrogen functional groups attached to an aromatic ring is 1. The molecule has 9 nitrogen and oxygen atoms in total. The number of H-pyrrole nitrogens is 1. The summed E-state index contributed by atoms with van der Waals surface area (Å²) in [7, 11) is 0. The second kappa shape index (κ2) is 8.78. The second-order valence-corrected chi connectivity index (χ2v) is 8.02. The lowest BCUT2D eigenvalue weighted by molar-refractivity contribution is 0.228. The number of allylic oxidation sites excluding steroid dienone is 1. The Morgan fingerprint density at radius 3 is 2.82 bits per heavy atom. The van der Waals surface area contributed by atoms with Gasteiger partial charge < -0.3 is 15.4 Å². The van der Waals surface area contributed by atoms with E-state index in [-0.39, 0.29) is 17.4 Å². The van der Waals surface area contributed by atoms with E-state index in [1.54, 1.807) is 12.3 Å². The molecule has 3 N–H and O–H groups in total. The lowest BCUT2D eigenvalue weighted by atomic mass is 10.1. The van der Waals surface area contributed by atoms with Crippen molar-refractivity contribution in [2.45, 2.75) is 25.8 Å². The number of hydrogen-bond donors (Lipinski definition) is 2. The topological polar surface area (TPSA) is 115 Å². The standard InChI is InChI=1S/C24H25N7O2/c1-2-13-30-14-5-6-17(15-30)31-22-20(23(25)27-28-24(22)32)21(29-31)16-8-10-18(11-9-16)33-19-7-3-4-12-26-19/h2-4,7-13,17H,5-6,14-15H2,1H3,(H2,25,27)(H,28,32)/t17-/m1/s1. The number of aromatic amines is 1. The van der Waals surface area contributed by atoms with Gasteiger partial charge in [0.15, 0.2) is 5.82 Å². The van der Waals surface area contributed by atoms with Gasteiger partial charge in [0.1, 0.15) is 17.0 Å². The molecule has 0 unspecified atom stereocenters. The fourth-order valence-electron chi connectivity index (χ4n) is 4.32. The van der Waals surface area contributed by atoms with Crippen LogP contribution in [-0.2, 0) is 0 Å². The smallest absolute Gasteiger partial charge is 0.290 e. The van der Waals surface area contributed by atoms with E-state index in [0.29, 0.717) is 28.2 Å². The van der Waals surface area contributed by atoms with Crippen LogP contribution in [0.3, 0.4) is 0 Å². The van der Waals surface area contributed by atoms with Gasteiger partial charge >= 0.3 is 0 Å². The first-order valence-electron chi connectivity index (χ1n) is 11.0. The van der Waals surface area contributed by atoms with Crippen LogP contribution in [-0.4, -0.2) is 43.0 Å². The Bertz CT molecular complexity index is 1340. The van der Waals surface area contributed by atoms with E-state index < -0.39 is 0 Å². The molecule has 0 saturated carbocycles. The molecular formula is C24H25N7O2. The molecule has 0 spiro atoms. The number of rotatable bonds is 5. The number of nitrogens with zero attached hydrogens (tertiary/aromatic N) is 5. The van der Waals surface area contributed by atoms with Crippen LogP contribution in [0.1, 0.15) is 25.8 Å². The molecule has 4 aromatic rings. The predicted molar refractivity (Wildman–Crippen MR) is 127 cm³/mol. The Morgan fingerprint density at radius 2 is 2.06 bits per heavy atom. The summed E-state index contributed by atoms with van der Waals surface area (Å²) in [5.41, 5.74) is 7.85. The van der Waals surface area contributed by atoms with Crippen molar-refractivity contribution in [2.75, 3.05) is 18.8 Å². The van der Waals surface area contributed by atoms with E-state index in [4.69, 9.17) is 15.6 Å². The largest absolute Gasteiger partial charge is 0.439 e. The van der Waals surface area contributed by atoms with Crippen molar-refractivity contribution < 1.29 is 4.74 Å². The van der Waals surface area contributed by atoms with Crippen LogP contribution in [0.25, 0.3) is 22.2 Å². The number of nitrogens with two attached hydrogens (primary N) is 1. The Morgan fingerprint density at radius 1 is 1.21 bits per heavy atom. The zero-order valence-corrected chi connectivity index (χ0v) is 18.3. The number of nitrogens with one attached hydrogen (secondary N) is 1. The fraction of sp³-hybridized carbons (Fsp3) is 0.250. The van der Waals surface area contributed by atoms with Gasteiger partial charge in [-0.25, -0.2) is 10.1 Å². The summed E-state index contributed by atoms with van der Waals surface area (Å²) in [5.74, 6) is 1.42. The highest BCUT2D eigenvalue weighted by atomic mass is 16.5. The number of piperidine rings is 1. The maximum Gasteiger partial charge on any atom is 0.290 e. The van der Waals surface area contributed by atoms with Crippen LogP contribution in [0.4, 0.5) is 5.82 Å². The lowest BCUT2D eigenvalue weighted by Crippen LogP contribution is -2.34. The number of likely N-dealkylation sites (tertiary alicyclic amines) is 1. The second-order valence-electron chi connectivity index (χ2n) is 8.02. The van der Waals surface area contributed by atoms with Gasteiger partial charge in [-0.15, -0.1) is 0 Å². The summed E-state index contributed by atoms with van der Waals surface area (Å²) in [6.45, 7) is 3.77. The van der Waals surface area contributed by atoms with Crippen molar-refractivity contribution in [3.05, 3.63) is 71.3 Å². The van der Waals surface area contributed by atoms with E-state index >= 15 is 0 Å². The summed E-state index contributed by atoms with van der Waals surface area (Å²) in [6.07, 6.45) is 7.74. The van der Waals surface area contributed by atoms with Crippen LogP contribution in [0, 0.1) is 0 Å². The van der Waals surface area contributed by atoms with E-state index in [0.717, 1.165) is 31.5 Å². The first-order chi connectivity index (χ1) is 16.1. The van der Waals surface area contributed by atoms with Gasteiger partial charge in [0.2, 0.25) is 5.88 Å². The average molecular weight is 444 g/mol. The normalized spacial score (nSPS) is 16.5. The van der Waals surface area contributed by atoms with Crippen molar-refractivity contribution in [1.29, 1.82) is 0 Å². The highest BCUT2D eigenvalue weighted by Gasteiger charge is 2.26. The van der Waals surface area contributed by atoms with Crippen LogP contribution < -0.4 is 16.0 Å². The first kappa shape index (κ1) is 20.7. The van der Waals surface area contributed by atoms with Crippen LogP contribution in [0.15, 0.2) is 65.7 Å². The molecule has 168 valence electrons. The average Bonchev–Trinajstić information content (AvgIpc) is 3.25. The van der Waals surface area contributed by atoms with E-state index in [9.17, 15) is 4.79 Å². The molecule has 0 amide bonds. The van der Waals surface area contributed by atoms with Gasteiger partial charge in [-0.3, -0.25) is 9.48 Å². The molecule has 5 rings (SSSR count). The molecule has 1 aliphatic rings. The summed E-state index contributed by atoms with van der Waals surface area (Å²) < 4.78 is 7.62. The highest BCUT2D eigenvalue weighted by molar-refractivity contribution is 5.99. The summed E-state index contributed by atoms with van der Waals surface area (Å²) in [4.78, 5) is 19.2. The van der Waals surface area contributed by atoms with Crippen molar-refractivity contribution in [3.8, 4) is 22.9 Å². The molecule has 0 aliphatic carbocycles. The summed E-state index contributed by atoms with van der Waals surface area (Å²) in [5, 5.41) is 12.0. The molecular weight excluding hydrogens is 418 g/mol. The predicted octanol–water partition coefficient (Wildman–Crippen LogP) is 3.73. The molecule has 33 heavy (non-hydrogen) atoms. The summed E-state index contributed by atoms with van der Waals surface area (Å²) >= 11 is 0. The molecule has 1 fully saturated rings. The number of anilines is 1. The maximum absolute atomic E-state index is 12.8. The number of pyridine rings is 1. The van der Waals surface area contributed by atoms with E-state index in [1.807, 2.05) is 54.1 Å². The van der Waals surface area contributed by atoms with E-state index in [2.05, 4.69) is 26.3 Å². The molecule has 4 heterocycles. The van der Waals surface area contributed by atoms with Gasteiger partial charge in [-0.2, -0.15) is 10.2 Å². The monoisotopic (exact) mass is 443 g/mol. The number of benzene rings is 1. The molecule has 1 saturated heterocycles. The Kier molecular flexibility index (Phi) is 5.52. The molecule has 1 aromatic carbocycles. The van der Waals surface area contributed by atoms with Gasteiger partial charge in [0.05, 0.1) is 11.4 Å². The van der Waals surface area contributed by atoms with Crippen LogP contribution >= 0.6 is 0 Å². The molecule has 0 bridgehead atoms. The molecule has 9 heteroatoms. The van der Waals surface area contributed by atoms with Gasteiger partial charge in [0.25, 0.3) is 5.56 Å². The Balaban J connectivity index is 1.55. The fourth-order valence-corrected chi connectivity index (χ4v) is 4.32. The minimum absolute atomic E-state index is 0.0564. The quantitative estimate of drug-likeness (QED) is 0.483. The maximum atomic E-state index is 12.8. The van der Waals surface area contributed by atoms with Crippen LogP contribution in [0.5, 0.6) is 11.6 Å². The van der Waals surface area contributed by atoms with Crippen molar-refractivity contribution in [2.24, 2.45) is 0 Å². The Labute approximate surface area is 190 Å². The van der Waals surface area contributed by atoms with Crippen LogP contribution in [0.2, 0.25) is 0 Å². The third-order valence-corrected chi connectivity index (χ3v) is 5.78. The molecule has 1 atom stereocenters. The highest BCUT2D eigenvalue weighted by Crippen LogP contribution is 2.34. The third-order valence-electron chi connectivity index (χ3n) is 5.78. The number of fused-ring (bicyclic) bond motifs is 1. The zero-order valence-electron chi connectivity index (χ0n) is 18.3. The van der Waals surface area contributed by atoms with Crippen molar-refractivity contribution in [1.82, 2.24) is 29.9 Å². The van der Waals surface area contributed by atoms with Gasteiger partial charge in [-0.1, -0.05) is 12.1 Å². The number of aromatic nitrogens is 5. The number of hydrogen-bond acceptors (Lipinski definition) is 7. The van der Waals surface area contributed by atoms with Crippen molar-refractivity contribution in [3.63, 3.8) is 0 Å². The third kappa shape index (κ3) is 4.05.